The van der Waals surface area contributed by atoms with Crippen molar-refractivity contribution in [2.45, 2.75) is 32.2 Å². The SMILES string of the molecule is CCCNc1cnc(C(=O)NCC(=O)NC2CC2)cn1. The van der Waals surface area contributed by atoms with E-state index in [1.165, 1.54) is 12.4 Å². The van der Waals surface area contributed by atoms with E-state index in [-0.39, 0.29) is 18.1 Å². The zero-order valence-corrected chi connectivity index (χ0v) is 11.5. The summed E-state index contributed by atoms with van der Waals surface area (Å²) in [7, 11) is 0. The van der Waals surface area contributed by atoms with Crippen LogP contribution in [0.5, 0.6) is 0 Å². The van der Waals surface area contributed by atoms with Crippen molar-refractivity contribution >= 4 is 17.6 Å². The number of aromatic nitrogens is 2. The van der Waals surface area contributed by atoms with E-state index in [0.29, 0.717) is 11.9 Å². The lowest BCUT2D eigenvalue weighted by Gasteiger charge is -2.06. The summed E-state index contributed by atoms with van der Waals surface area (Å²) in [5.41, 5.74) is 0.200. The zero-order valence-electron chi connectivity index (χ0n) is 11.5. The van der Waals surface area contributed by atoms with Gasteiger partial charge in [-0.25, -0.2) is 9.97 Å². The molecule has 0 saturated heterocycles. The highest BCUT2D eigenvalue weighted by Crippen LogP contribution is 2.18. The Labute approximate surface area is 117 Å². The maximum atomic E-state index is 11.8. The fraction of sp³-hybridized carbons (Fsp3) is 0.538. The summed E-state index contributed by atoms with van der Waals surface area (Å²) in [6.07, 6.45) is 5.94. The van der Waals surface area contributed by atoms with Gasteiger partial charge in [0.2, 0.25) is 5.91 Å². The Bertz CT molecular complexity index is 470. The van der Waals surface area contributed by atoms with Crippen molar-refractivity contribution in [1.82, 2.24) is 20.6 Å². The molecule has 7 heteroatoms. The van der Waals surface area contributed by atoms with Crippen LogP contribution in [0.2, 0.25) is 0 Å². The van der Waals surface area contributed by atoms with Crippen LogP contribution in [-0.4, -0.2) is 40.9 Å². The van der Waals surface area contributed by atoms with Gasteiger partial charge in [0.15, 0.2) is 0 Å². The first-order valence-corrected chi connectivity index (χ1v) is 6.82. The van der Waals surface area contributed by atoms with Crippen LogP contribution in [-0.2, 0) is 4.79 Å². The van der Waals surface area contributed by atoms with Crippen LogP contribution in [0.15, 0.2) is 12.4 Å². The third-order valence-corrected chi connectivity index (χ3v) is 2.79. The van der Waals surface area contributed by atoms with Crippen molar-refractivity contribution in [2.24, 2.45) is 0 Å². The van der Waals surface area contributed by atoms with E-state index in [4.69, 9.17) is 0 Å². The second kappa shape index (κ2) is 6.83. The van der Waals surface area contributed by atoms with Crippen LogP contribution in [0.3, 0.4) is 0 Å². The molecular weight excluding hydrogens is 258 g/mol. The first-order chi connectivity index (χ1) is 9.69. The molecule has 2 amide bonds. The lowest BCUT2D eigenvalue weighted by Crippen LogP contribution is -2.38. The number of anilines is 1. The number of hydrogen-bond donors (Lipinski definition) is 3. The van der Waals surface area contributed by atoms with Gasteiger partial charge in [0, 0.05) is 12.6 Å². The third-order valence-electron chi connectivity index (χ3n) is 2.79. The van der Waals surface area contributed by atoms with Crippen LogP contribution in [0.25, 0.3) is 0 Å². The largest absolute Gasteiger partial charge is 0.369 e. The molecule has 2 rings (SSSR count). The van der Waals surface area contributed by atoms with Crippen molar-refractivity contribution in [1.29, 1.82) is 0 Å². The van der Waals surface area contributed by atoms with Crippen LogP contribution < -0.4 is 16.0 Å². The Morgan fingerprint density at radius 1 is 1.30 bits per heavy atom. The van der Waals surface area contributed by atoms with Gasteiger partial charge in [0.05, 0.1) is 18.9 Å². The summed E-state index contributed by atoms with van der Waals surface area (Å²) >= 11 is 0. The first kappa shape index (κ1) is 14.2. The minimum atomic E-state index is -0.398. The molecule has 1 heterocycles. The predicted molar refractivity (Wildman–Crippen MR) is 74.3 cm³/mol. The highest BCUT2D eigenvalue weighted by Gasteiger charge is 2.23. The molecule has 0 unspecified atom stereocenters. The van der Waals surface area contributed by atoms with Crippen molar-refractivity contribution in [3.8, 4) is 0 Å². The average Bonchev–Trinajstić information content (AvgIpc) is 3.27. The van der Waals surface area contributed by atoms with Gasteiger partial charge in [-0.3, -0.25) is 9.59 Å². The van der Waals surface area contributed by atoms with Gasteiger partial charge >= 0.3 is 0 Å². The van der Waals surface area contributed by atoms with Crippen molar-refractivity contribution < 1.29 is 9.59 Å². The maximum Gasteiger partial charge on any atom is 0.271 e. The number of hydrogen-bond acceptors (Lipinski definition) is 5. The van der Waals surface area contributed by atoms with Crippen LogP contribution in [0.4, 0.5) is 5.82 Å². The van der Waals surface area contributed by atoms with E-state index in [9.17, 15) is 9.59 Å². The van der Waals surface area contributed by atoms with Gasteiger partial charge in [-0.15, -0.1) is 0 Å². The average molecular weight is 277 g/mol. The van der Waals surface area contributed by atoms with Crippen LogP contribution >= 0.6 is 0 Å². The number of amides is 2. The van der Waals surface area contributed by atoms with E-state index < -0.39 is 5.91 Å². The fourth-order valence-corrected chi connectivity index (χ4v) is 1.55. The molecule has 0 bridgehead atoms. The summed E-state index contributed by atoms with van der Waals surface area (Å²) in [6, 6.07) is 0.295. The molecule has 20 heavy (non-hydrogen) atoms. The van der Waals surface area contributed by atoms with Crippen LogP contribution in [0.1, 0.15) is 36.7 Å². The summed E-state index contributed by atoms with van der Waals surface area (Å²) in [6.45, 7) is 2.82. The smallest absolute Gasteiger partial charge is 0.271 e. The van der Waals surface area contributed by atoms with Gasteiger partial charge in [0.1, 0.15) is 11.5 Å². The maximum absolute atomic E-state index is 11.8. The molecular formula is C13H19N5O2. The molecule has 0 aliphatic heterocycles. The Morgan fingerprint density at radius 2 is 2.10 bits per heavy atom. The fourth-order valence-electron chi connectivity index (χ4n) is 1.55. The quantitative estimate of drug-likeness (QED) is 0.666. The van der Waals surface area contributed by atoms with Gasteiger partial charge in [-0.2, -0.15) is 0 Å². The molecule has 1 aliphatic carbocycles. The lowest BCUT2D eigenvalue weighted by molar-refractivity contribution is -0.120. The van der Waals surface area contributed by atoms with Gasteiger partial charge in [0.25, 0.3) is 5.91 Å². The zero-order chi connectivity index (χ0) is 14.4. The second-order valence-electron chi connectivity index (χ2n) is 4.74. The van der Waals surface area contributed by atoms with E-state index in [2.05, 4.69) is 32.8 Å². The monoisotopic (exact) mass is 277 g/mol. The Hall–Kier alpha value is -2.18. The van der Waals surface area contributed by atoms with E-state index in [1.807, 2.05) is 0 Å². The standard InChI is InChI=1S/C13H19N5O2/c1-2-5-14-11-7-15-10(6-16-11)13(20)17-8-12(19)18-9-3-4-9/h6-7,9H,2-5,8H2,1H3,(H,14,16)(H,17,20)(H,18,19). The molecule has 7 nitrogen and oxygen atoms in total. The Morgan fingerprint density at radius 3 is 2.70 bits per heavy atom. The molecule has 1 aromatic rings. The molecule has 0 radical (unpaired) electrons. The van der Waals surface area contributed by atoms with E-state index >= 15 is 0 Å². The van der Waals surface area contributed by atoms with Gasteiger partial charge in [-0.05, 0) is 19.3 Å². The molecule has 1 saturated carbocycles. The summed E-state index contributed by atoms with van der Waals surface area (Å²) in [4.78, 5) is 31.3. The number of rotatable bonds is 7. The highest BCUT2D eigenvalue weighted by atomic mass is 16.2. The summed E-state index contributed by atoms with van der Waals surface area (Å²) in [5, 5.41) is 8.38. The molecule has 1 fully saturated rings. The molecule has 0 spiro atoms. The molecule has 1 aliphatic rings. The number of nitrogens with one attached hydrogen (secondary N) is 3. The summed E-state index contributed by atoms with van der Waals surface area (Å²) < 4.78 is 0. The summed E-state index contributed by atoms with van der Waals surface area (Å²) in [5.74, 6) is 0.0652. The van der Waals surface area contributed by atoms with Crippen molar-refractivity contribution in [3.63, 3.8) is 0 Å². The first-order valence-electron chi connectivity index (χ1n) is 6.82. The molecule has 1 aromatic heterocycles. The Kier molecular flexibility index (Phi) is 4.86. The van der Waals surface area contributed by atoms with Gasteiger partial charge < -0.3 is 16.0 Å². The molecule has 0 aromatic carbocycles. The Balaban J connectivity index is 1.77. The van der Waals surface area contributed by atoms with E-state index in [1.54, 1.807) is 0 Å². The number of carbonyl (C=O) groups excluding carboxylic acids is 2. The third kappa shape index (κ3) is 4.49. The highest BCUT2D eigenvalue weighted by molar-refractivity contribution is 5.94. The van der Waals surface area contributed by atoms with Crippen molar-refractivity contribution in [2.75, 3.05) is 18.4 Å². The number of carbonyl (C=O) groups is 2. The predicted octanol–water partition coefficient (Wildman–Crippen LogP) is 0.307. The minimum Gasteiger partial charge on any atom is -0.369 e. The molecule has 3 N–H and O–H groups in total. The lowest BCUT2D eigenvalue weighted by atomic mass is 10.4. The van der Waals surface area contributed by atoms with E-state index in [0.717, 1.165) is 25.8 Å². The minimum absolute atomic E-state index is 0.0349. The van der Waals surface area contributed by atoms with Crippen molar-refractivity contribution in [3.05, 3.63) is 18.1 Å². The second-order valence-corrected chi connectivity index (χ2v) is 4.74. The number of nitrogens with zero attached hydrogens (tertiary/aromatic N) is 2. The topological polar surface area (TPSA) is 96.0 Å². The van der Waals surface area contributed by atoms with Gasteiger partial charge in [-0.1, -0.05) is 6.92 Å². The molecule has 0 atom stereocenters. The molecule has 108 valence electrons. The normalized spacial score (nSPS) is 13.7. The van der Waals surface area contributed by atoms with Crippen LogP contribution in [0, 0.1) is 0 Å².